The van der Waals surface area contributed by atoms with Crippen molar-refractivity contribution in [3.63, 3.8) is 0 Å². The van der Waals surface area contributed by atoms with Gasteiger partial charge in [0.15, 0.2) is 17.5 Å². The molecule has 0 aliphatic carbocycles. The highest BCUT2D eigenvalue weighted by Gasteiger charge is 2.07. The summed E-state index contributed by atoms with van der Waals surface area (Å²) in [6.07, 6.45) is 2.33. The summed E-state index contributed by atoms with van der Waals surface area (Å²) in [6.45, 7) is 1.33. The van der Waals surface area contributed by atoms with Gasteiger partial charge in [0.05, 0.1) is 33.6 Å². The van der Waals surface area contributed by atoms with Gasteiger partial charge in [-0.2, -0.15) is 0 Å². The van der Waals surface area contributed by atoms with Gasteiger partial charge in [0.1, 0.15) is 5.76 Å². The molecule has 8 nitrogen and oxygen atoms in total. The van der Waals surface area contributed by atoms with Crippen LogP contribution in [-0.4, -0.2) is 32.6 Å². The van der Waals surface area contributed by atoms with E-state index in [0.717, 1.165) is 17.5 Å². The zero-order valence-electron chi connectivity index (χ0n) is 18.3. The summed E-state index contributed by atoms with van der Waals surface area (Å²) in [7, 11) is 3.22. The number of hydrogen-bond donors (Lipinski definition) is 3. The highest BCUT2D eigenvalue weighted by molar-refractivity contribution is 5.94. The second-order valence-electron chi connectivity index (χ2n) is 7.03. The molecule has 1 amide bonds. The molecule has 0 atom stereocenters. The van der Waals surface area contributed by atoms with Gasteiger partial charge >= 0.3 is 0 Å². The first-order chi connectivity index (χ1) is 15.6. The molecule has 0 fully saturated rings. The Morgan fingerprint density at radius 1 is 1.00 bits per heavy atom. The third-order valence-corrected chi connectivity index (χ3v) is 4.79. The van der Waals surface area contributed by atoms with Crippen LogP contribution in [-0.2, 0) is 19.5 Å². The Kier molecular flexibility index (Phi) is 8.14. The Labute approximate surface area is 187 Å². The van der Waals surface area contributed by atoms with Crippen LogP contribution in [0.1, 0.15) is 27.2 Å². The predicted molar refractivity (Wildman–Crippen MR) is 123 cm³/mol. The molecule has 0 unspecified atom stereocenters. The standard InChI is InChI=1S/C24H28N4O4/c1-30-21-9-8-17(14-22(21)31-2)10-11-26-24(25)28-15-18-5-3-6-19(13-18)23(29)27-16-20-7-4-12-32-20/h3-9,12-14H,10-11,15-16H2,1-2H3,(H,27,29)(H3,25,26,28). The number of hydrogen-bond acceptors (Lipinski definition) is 5. The van der Waals surface area contributed by atoms with Crippen molar-refractivity contribution < 1.29 is 18.7 Å². The van der Waals surface area contributed by atoms with Crippen LogP contribution < -0.4 is 25.8 Å². The van der Waals surface area contributed by atoms with Crippen LogP contribution >= 0.6 is 0 Å². The van der Waals surface area contributed by atoms with Crippen molar-refractivity contribution in [3.05, 3.63) is 83.3 Å². The second-order valence-corrected chi connectivity index (χ2v) is 7.03. The summed E-state index contributed by atoms with van der Waals surface area (Å²) < 4.78 is 15.8. The van der Waals surface area contributed by atoms with E-state index in [4.69, 9.17) is 19.6 Å². The molecule has 0 saturated heterocycles. The quantitative estimate of drug-likeness (QED) is 0.333. The fourth-order valence-corrected chi connectivity index (χ4v) is 3.10. The van der Waals surface area contributed by atoms with Crippen molar-refractivity contribution in [3.8, 4) is 11.5 Å². The van der Waals surface area contributed by atoms with Gasteiger partial charge in [-0.05, 0) is 53.9 Å². The zero-order valence-corrected chi connectivity index (χ0v) is 18.3. The first kappa shape index (κ1) is 22.7. The number of carbonyl (C=O) groups excluding carboxylic acids is 1. The number of carbonyl (C=O) groups is 1. The van der Waals surface area contributed by atoms with E-state index in [-0.39, 0.29) is 5.91 Å². The topological polar surface area (TPSA) is 111 Å². The fraction of sp³-hybridized carbons (Fsp3) is 0.250. The van der Waals surface area contributed by atoms with Gasteiger partial charge in [0, 0.05) is 12.1 Å². The first-order valence-electron chi connectivity index (χ1n) is 10.2. The van der Waals surface area contributed by atoms with E-state index in [0.29, 0.717) is 48.4 Å². The van der Waals surface area contributed by atoms with Gasteiger partial charge < -0.3 is 30.3 Å². The Morgan fingerprint density at radius 2 is 1.84 bits per heavy atom. The highest BCUT2D eigenvalue weighted by Crippen LogP contribution is 2.27. The molecule has 4 N–H and O–H groups in total. The number of nitrogens with two attached hydrogens (primary N) is 1. The van der Waals surface area contributed by atoms with Crippen molar-refractivity contribution in [1.82, 2.24) is 10.6 Å². The molecule has 0 aliphatic rings. The molecule has 0 spiro atoms. The number of nitrogens with one attached hydrogen (secondary N) is 2. The summed E-state index contributed by atoms with van der Waals surface area (Å²) >= 11 is 0. The lowest BCUT2D eigenvalue weighted by Crippen LogP contribution is -2.33. The lowest BCUT2D eigenvalue weighted by Gasteiger charge is -2.10. The maximum atomic E-state index is 12.3. The summed E-state index contributed by atoms with van der Waals surface area (Å²) in [5.41, 5.74) is 8.53. The maximum Gasteiger partial charge on any atom is 0.251 e. The van der Waals surface area contributed by atoms with Gasteiger partial charge in [0.25, 0.3) is 5.91 Å². The Balaban J connectivity index is 1.48. The number of furan rings is 1. The number of amides is 1. The average molecular weight is 437 g/mol. The van der Waals surface area contributed by atoms with Crippen molar-refractivity contribution in [1.29, 1.82) is 0 Å². The van der Waals surface area contributed by atoms with Gasteiger partial charge in [-0.15, -0.1) is 0 Å². The first-order valence-corrected chi connectivity index (χ1v) is 10.2. The maximum absolute atomic E-state index is 12.3. The summed E-state index contributed by atoms with van der Waals surface area (Å²) in [6, 6.07) is 16.7. The smallest absolute Gasteiger partial charge is 0.251 e. The molecule has 1 aromatic heterocycles. The Morgan fingerprint density at radius 3 is 2.59 bits per heavy atom. The molecule has 1 heterocycles. The van der Waals surface area contributed by atoms with Crippen LogP contribution in [0.15, 0.2) is 70.3 Å². The molecule has 0 aliphatic heterocycles. The second kappa shape index (κ2) is 11.5. The minimum Gasteiger partial charge on any atom is -0.493 e. The van der Waals surface area contributed by atoms with E-state index in [1.165, 1.54) is 0 Å². The van der Waals surface area contributed by atoms with E-state index in [1.54, 1.807) is 38.7 Å². The molecule has 32 heavy (non-hydrogen) atoms. The lowest BCUT2D eigenvalue weighted by atomic mass is 10.1. The van der Waals surface area contributed by atoms with Crippen LogP contribution in [0.4, 0.5) is 0 Å². The van der Waals surface area contributed by atoms with E-state index >= 15 is 0 Å². The normalized spacial score (nSPS) is 11.1. The number of rotatable bonds is 10. The van der Waals surface area contributed by atoms with Crippen LogP contribution in [0.2, 0.25) is 0 Å². The fourth-order valence-electron chi connectivity index (χ4n) is 3.10. The SMILES string of the molecule is COc1ccc(CCNC(N)=NCc2cccc(C(=O)NCc3ccco3)c2)cc1OC. The van der Waals surface area contributed by atoms with Crippen LogP contribution in [0.5, 0.6) is 11.5 Å². The van der Waals surface area contributed by atoms with Gasteiger partial charge in [-0.3, -0.25) is 4.79 Å². The Hall–Kier alpha value is -3.94. The molecule has 0 saturated carbocycles. The van der Waals surface area contributed by atoms with Crippen LogP contribution in [0, 0.1) is 0 Å². The highest BCUT2D eigenvalue weighted by atomic mass is 16.5. The van der Waals surface area contributed by atoms with Crippen LogP contribution in [0.25, 0.3) is 0 Å². The number of methoxy groups -OCH3 is 2. The molecule has 2 aromatic carbocycles. The van der Waals surface area contributed by atoms with Gasteiger partial charge in [0.2, 0.25) is 0 Å². The zero-order chi connectivity index (χ0) is 22.8. The number of guanidine groups is 1. The number of ether oxygens (including phenoxy) is 2. The van der Waals surface area contributed by atoms with Crippen molar-refractivity contribution >= 4 is 11.9 Å². The lowest BCUT2D eigenvalue weighted by molar-refractivity contribution is 0.0948. The van der Waals surface area contributed by atoms with Crippen molar-refractivity contribution in [2.45, 2.75) is 19.5 Å². The van der Waals surface area contributed by atoms with E-state index in [1.807, 2.05) is 36.4 Å². The molecule has 168 valence electrons. The largest absolute Gasteiger partial charge is 0.493 e. The number of aliphatic imine (C=N–C) groups is 1. The molecular weight excluding hydrogens is 408 g/mol. The van der Waals surface area contributed by atoms with E-state index < -0.39 is 0 Å². The van der Waals surface area contributed by atoms with E-state index in [9.17, 15) is 4.79 Å². The van der Waals surface area contributed by atoms with Crippen molar-refractivity contribution in [2.75, 3.05) is 20.8 Å². The summed E-state index contributed by atoms with van der Waals surface area (Å²) in [4.78, 5) is 16.7. The van der Waals surface area contributed by atoms with Gasteiger partial charge in [-0.1, -0.05) is 18.2 Å². The predicted octanol–water partition coefficient (Wildman–Crippen LogP) is 2.87. The monoisotopic (exact) mass is 436 g/mol. The summed E-state index contributed by atoms with van der Waals surface area (Å²) in [5, 5.41) is 5.94. The minimum atomic E-state index is -0.173. The van der Waals surface area contributed by atoms with E-state index in [2.05, 4.69) is 15.6 Å². The molecule has 3 rings (SSSR count). The van der Waals surface area contributed by atoms with Gasteiger partial charge in [-0.25, -0.2) is 4.99 Å². The third-order valence-electron chi connectivity index (χ3n) is 4.79. The molecule has 3 aromatic rings. The molecule has 8 heteroatoms. The minimum absolute atomic E-state index is 0.173. The summed E-state index contributed by atoms with van der Waals surface area (Å²) in [5.74, 6) is 2.26. The molecule has 0 bridgehead atoms. The Bertz CT molecular complexity index is 1050. The molecule has 0 radical (unpaired) electrons. The number of benzene rings is 2. The van der Waals surface area contributed by atoms with Crippen LogP contribution in [0.3, 0.4) is 0 Å². The average Bonchev–Trinajstić information content (AvgIpc) is 3.35. The number of nitrogens with zero attached hydrogens (tertiary/aromatic N) is 1. The van der Waals surface area contributed by atoms with Crippen molar-refractivity contribution in [2.24, 2.45) is 10.7 Å². The molecular formula is C24H28N4O4. The third kappa shape index (κ3) is 6.53.